The first-order chi connectivity index (χ1) is 4.91. The Morgan fingerprint density at radius 1 is 0.500 bits per heavy atom. The Bertz CT molecular complexity index is 47.8. The predicted molar refractivity (Wildman–Crippen MR) is 8.68 cm³/mol. The fraction of sp³-hybridized carbons (Fsp3) is 0. The van der Waals surface area contributed by atoms with Crippen molar-refractivity contribution in [1.82, 2.24) is 0 Å². The van der Waals surface area contributed by atoms with Crippen molar-refractivity contribution in [3.63, 3.8) is 0 Å². The van der Waals surface area contributed by atoms with Crippen molar-refractivity contribution in [2.45, 2.75) is 0 Å². The van der Waals surface area contributed by atoms with Crippen molar-refractivity contribution >= 4 is 0 Å². The monoisotopic (exact) mass is 238 g/mol. The Morgan fingerprint density at radius 2 is 0.750 bits per heavy atom. The van der Waals surface area contributed by atoms with Gasteiger partial charge < -0.3 is 10.5 Å². The molecule has 0 unspecified atom stereocenters. The van der Waals surface area contributed by atoms with E-state index in [-0.39, 0.29) is 103 Å². The zero-order chi connectivity index (χ0) is 7.66. The van der Waals surface area contributed by atoms with Gasteiger partial charge in [-0.1, -0.05) is 0 Å². The minimum Gasteiger partial charge on any atom is -0.689 e. The molecule has 62 valence electrons. The van der Waals surface area contributed by atoms with Crippen molar-refractivity contribution in [2.75, 3.05) is 0 Å². The summed E-state index contributed by atoms with van der Waals surface area (Å²) in [5.41, 5.74) is 0. The first-order valence-electron chi connectivity index (χ1n) is 1.50. The van der Waals surface area contributed by atoms with Crippen LogP contribution in [0.4, 0.5) is 0 Å². The van der Waals surface area contributed by atoms with Gasteiger partial charge >= 0.3 is 103 Å². The number of hydrogen-bond donors (Lipinski definition) is 0. The molecular weight excluding hydrogens is 238 g/mol. The molecule has 0 atom stereocenters. The average Bonchev–Trinajstić information content (AvgIpc) is 1.97. The van der Waals surface area contributed by atoms with E-state index in [1.165, 1.54) is 0 Å². The van der Waals surface area contributed by atoms with Crippen LogP contribution in [0.25, 0.3) is 0 Å². The summed E-state index contributed by atoms with van der Waals surface area (Å²) in [6.45, 7) is 0. The molecule has 0 aliphatic carbocycles. The molecule has 0 saturated carbocycles. The molecule has 0 fully saturated rings. The van der Waals surface area contributed by atoms with Crippen LogP contribution < -0.4 is 113 Å². The van der Waals surface area contributed by atoms with Crippen LogP contribution in [0.1, 0.15) is 0 Å². The smallest absolute Gasteiger partial charge is 0.689 e. The van der Waals surface area contributed by atoms with Gasteiger partial charge in [0, 0.05) is 0 Å². The van der Waals surface area contributed by atoms with Crippen LogP contribution in [0.5, 0.6) is 0 Å². The summed E-state index contributed by atoms with van der Waals surface area (Å²) in [5, 5.41) is 42.0. The molecule has 0 radical (unpaired) electrons. The molecular formula is K2O10. The quantitative estimate of drug-likeness (QED) is 0.183. The third kappa shape index (κ3) is 18.6. The van der Waals surface area contributed by atoms with E-state index in [1.807, 2.05) is 0 Å². The zero-order valence-corrected chi connectivity index (χ0v) is 12.3. The van der Waals surface area contributed by atoms with Gasteiger partial charge in [0.2, 0.25) is 0 Å². The van der Waals surface area contributed by atoms with E-state index in [1.54, 1.807) is 0 Å². The minimum absolute atomic E-state index is 0. The maximum atomic E-state index is 8.89. The first-order valence-corrected chi connectivity index (χ1v) is 1.50. The van der Waals surface area contributed by atoms with Crippen LogP contribution in [0, 0.1) is 0 Å². The molecule has 0 aliphatic rings. The van der Waals surface area contributed by atoms with Gasteiger partial charge in [-0.2, -0.15) is 0 Å². The van der Waals surface area contributed by atoms with Crippen molar-refractivity contribution in [3.05, 3.63) is 0 Å². The summed E-state index contributed by atoms with van der Waals surface area (Å²) < 4.78 is 0. The molecule has 0 aliphatic heterocycles. The van der Waals surface area contributed by atoms with Crippen LogP contribution in [-0.2, 0) is 40.3 Å². The van der Waals surface area contributed by atoms with Crippen molar-refractivity contribution in [2.24, 2.45) is 0 Å². The second-order valence-corrected chi connectivity index (χ2v) is 0.544. The molecule has 0 saturated heterocycles. The van der Waals surface area contributed by atoms with E-state index in [4.69, 9.17) is 10.5 Å². The summed E-state index contributed by atoms with van der Waals surface area (Å²) in [4.78, 5) is 0. The molecule has 12 heteroatoms. The third-order valence-electron chi connectivity index (χ3n) is 0.194. The molecule has 0 heterocycles. The average molecular weight is 238 g/mol. The Hall–Kier alpha value is 2.87. The van der Waals surface area contributed by atoms with Crippen LogP contribution in [0.3, 0.4) is 0 Å². The summed E-state index contributed by atoms with van der Waals surface area (Å²) in [6, 6.07) is 0. The summed E-state index contributed by atoms with van der Waals surface area (Å²) >= 11 is 0. The molecule has 0 spiro atoms. The van der Waals surface area contributed by atoms with Crippen molar-refractivity contribution < 1.29 is 154 Å². The molecule has 12 heavy (non-hydrogen) atoms. The van der Waals surface area contributed by atoms with Crippen molar-refractivity contribution in [3.8, 4) is 0 Å². The fourth-order valence-electron chi connectivity index (χ4n) is 0.0680. The van der Waals surface area contributed by atoms with Gasteiger partial charge in [0.1, 0.15) is 0 Å². The van der Waals surface area contributed by atoms with Gasteiger partial charge in [-0.3, -0.25) is 10.1 Å². The maximum absolute atomic E-state index is 8.89. The minimum atomic E-state index is 0. The van der Waals surface area contributed by atoms with E-state index >= 15 is 0 Å². The van der Waals surface area contributed by atoms with Gasteiger partial charge in [-0.15, -0.1) is 0 Å². The third-order valence-corrected chi connectivity index (χ3v) is 0.194. The second-order valence-electron chi connectivity index (χ2n) is 0.544. The Kier molecular flexibility index (Phi) is 32.9. The summed E-state index contributed by atoms with van der Waals surface area (Å²) in [6.07, 6.45) is 0. The normalized spacial score (nSPS) is 8.50. The molecule has 0 aromatic carbocycles. The maximum Gasteiger partial charge on any atom is 1.00 e. The van der Waals surface area contributed by atoms with Crippen LogP contribution in [0.15, 0.2) is 0 Å². The van der Waals surface area contributed by atoms with Crippen molar-refractivity contribution in [1.29, 1.82) is 0 Å². The predicted octanol–water partition coefficient (Wildman–Crippen LogP) is -8.92. The summed E-state index contributed by atoms with van der Waals surface area (Å²) in [7, 11) is 0. The molecule has 0 amide bonds. The number of rotatable bonds is 7. The molecule has 0 rings (SSSR count). The second kappa shape index (κ2) is 19.4. The largest absolute Gasteiger partial charge is 1.00 e. The first kappa shape index (κ1) is 20.3. The van der Waals surface area contributed by atoms with E-state index in [0.717, 1.165) is 0 Å². The van der Waals surface area contributed by atoms with E-state index in [9.17, 15) is 0 Å². The van der Waals surface area contributed by atoms with Gasteiger partial charge in [0.25, 0.3) is 0 Å². The molecule has 0 bridgehead atoms. The van der Waals surface area contributed by atoms with Gasteiger partial charge in [-0.05, 0) is 30.2 Å². The Morgan fingerprint density at radius 3 is 1.00 bits per heavy atom. The molecule has 0 aromatic heterocycles. The molecule has 10 nitrogen and oxygen atoms in total. The SMILES string of the molecule is [K+].[K+].[O-]OOOOOOOO[O-]. The fourth-order valence-corrected chi connectivity index (χ4v) is 0.0680. The topological polar surface area (TPSA) is 120 Å². The van der Waals surface area contributed by atoms with E-state index < -0.39 is 0 Å². The van der Waals surface area contributed by atoms with E-state index in [0.29, 0.717) is 0 Å². The van der Waals surface area contributed by atoms with Crippen LogP contribution in [-0.4, -0.2) is 0 Å². The van der Waals surface area contributed by atoms with Crippen LogP contribution >= 0.6 is 0 Å². The van der Waals surface area contributed by atoms with Gasteiger partial charge in [0.15, 0.2) is 0 Å². The van der Waals surface area contributed by atoms with E-state index in [2.05, 4.69) is 40.3 Å². The summed E-state index contributed by atoms with van der Waals surface area (Å²) in [5.74, 6) is 0. The molecule has 0 N–H and O–H groups in total. The molecule has 0 aromatic rings. The Balaban J connectivity index is -0.000000405. The number of hydrogen-bond acceptors (Lipinski definition) is 10. The Labute approximate surface area is 150 Å². The van der Waals surface area contributed by atoms with Crippen LogP contribution in [0.2, 0.25) is 0 Å². The van der Waals surface area contributed by atoms with Gasteiger partial charge in [0.05, 0.1) is 0 Å². The van der Waals surface area contributed by atoms with Gasteiger partial charge in [-0.25, -0.2) is 0 Å². The zero-order valence-electron chi connectivity index (χ0n) is 6.08. The standard InChI is InChI=1S/2K.H2O10/c;;1-3-5-7-9-10-8-6-4-2/h;;1-2H/q2*+1;/p-2.